The number of aromatic nitrogens is 1. The summed E-state index contributed by atoms with van der Waals surface area (Å²) in [5.41, 5.74) is 1.45. The lowest BCUT2D eigenvalue weighted by Gasteiger charge is -2.30. The van der Waals surface area contributed by atoms with Crippen molar-refractivity contribution >= 4 is 87.0 Å². The number of thioether (sulfide) groups is 1. The summed E-state index contributed by atoms with van der Waals surface area (Å²) in [5.74, 6) is -2.33. The zero-order chi connectivity index (χ0) is 28.8. The maximum absolute atomic E-state index is 13.9. The quantitative estimate of drug-likeness (QED) is 0.241. The van der Waals surface area contributed by atoms with E-state index in [1.54, 1.807) is 60.7 Å². The summed E-state index contributed by atoms with van der Waals surface area (Å²) < 4.78 is 5.95. The number of nitrogens with one attached hydrogen (secondary N) is 2. The molecule has 2 N–H and O–H groups in total. The number of para-hydroxylation sites is 1. The van der Waals surface area contributed by atoms with Crippen LogP contribution in [0.25, 0.3) is 0 Å². The number of thiazole rings is 1. The van der Waals surface area contributed by atoms with Crippen LogP contribution in [0.15, 0.2) is 76.6 Å². The van der Waals surface area contributed by atoms with Gasteiger partial charge in [-0.3, -0.25) is 19.2 Å². The van der Waals surface area contributed by atoms with E-state index >= 15 is 0 Å². The summed E-state index contributed by atoms with van der Waals surface area (Å²) in [5, 5.41) is 3.61. The van der Waals surface area contributed by atoms with Gasteiger partial charge in [0.05, 0.1) is 26.7 Å². The van der Waals surface area contributed by atoms with Gasteiger partial charge in [0.2, 0.25) is 11.8 Å². The number of hydrogen-bond donors (Lipinski definition) is 2. The van der Waals surface area contributed by atoms with Crippen LogP contribution in [0, 0.1) is 5.92 Å². The van der Waals surface area contributed by atoms with Crippen LogP contribution in [0.1, 0.15) is 16.4 Å². The SMILES string of the molecule is O=C(COc1ccccc1[C@H]1c2sc(=O)[nH]c2SC2C(=O)N(c3ccc(Cl)cc3)C(=O)C21)Nc1ccc(Cl)c(Cl)c1. The van der Waals surface area contributed by atoms with Crippen molar-refractivity contribution in [2.45, 2.75) is 16.2 Å². The van der Waals surface area contributed by atoms with E-state index in [2.05, 4.69) is 10.3 Å². The van der Waals surface area contributed by atoms with E-state index in [1.165, 1.54) is 22.7 Å². The molecule has 1 saturated heterocycles. The van der Waals surface area contributed by atoms with Crippen LogP contribution in [-0.4, -0.2) is 34.6 Å². The van der Waals surface area contributed by atoms with E-state index in [4.69, 9.17) is 39.5 Å². The van der Waals surface area contributed by atoms with Gasteiger partial charge in [0, 0.05) is 27.1 Å². The first-order chi connectivity index (χ1) is 19.7. The largest absolute Gasteiger partial charge is 0.483 e. The zero-order valence-electron chi connectivity index (χ0n) is 20.7. The smallest absolute Gasteiger partial charge is 0.305 e. The van der Waals surface area contributed by atoms with E-state index in [9.17, 15) is 19.2 Å². The number of amides is 3. The lowest BCUT2D eigenvalue weighted by molar-refractivity contribution is -0.122. The first-order valence-electron chi connectivity index (χ1n) is 12.2. The van der Waals surface area contributed by atoms with Crippen molar-refractivity contribution in [3.05, 3.63) is 102 Å². The fraction of sp³-hybridized carbons (Fsp3) is 0.143. The fourth-order valence-corrected chi connectivity index (χ4v) is 7.91. The highest BCUT2D eigenvalue weighted by atomic mass is 35.5. The van der Waals surface area contributed by atoms with Crippen molar-refractivity contribution in [3.8, 4) is 5.75 Å². The number of benzene rings is 3. The average molecular weight is 647 g/mol. The van der Waals surface area contributed by atoms with Crippen molar-refractivity contribution in [2.24, 2.45) is 5.92 Å². The summed E-state index contributed by atoms with van der Waals surface area (Å²) in [4.78, 5) is 57.0. The van der Waals surface area contributed by atoms with Gasteiger partial charge in [-0.1, -0.05) is 76.1 Å². The highest BCUT2D eigenvalue weighted by Crippen LogP contribution is 2.54. The molecule has 3 amide bonds. The molecule has 3 atom stereocenters. The Labute approximate surface area is 256 Å². The molecule has 208 valence electrons. The van der Waals surface area contributed by atoms with Crippen LogP contribution in [0.2, 0.25) is 15.1 Å². The molecule has 3 aromatic carbocycles. The number of H-pyrrole nitrogens is 1. The molecule has 0 aliphatic carbocycles. The second kappa shape index (κ2) is 11.2. The van der Waals surface area contributed by atoms with Gasteiger partial charge >= 0.3 is 4.87 Å². The Morgan fingerprint density at radius 2 is 1.71 bits per heavy atom. The summed E-state index contributed by atoms with van der Waals surface area (Å²) in [7, 11) is 0. The number of carbonyl (C=O) groups is 3. The maximum atomic E-state index is 13.9. The highest BCUT2D eigenvalue weighted by molar-refractivity contribution is 8.00. The molecule has 13 heteroatoms. The van der Waals surface area contributed by atoms with E-state index in [0.717, 1.165) is 11.3 Å². The zero-order valence-corrected chi connectivity index (χ0v) is 24.6. The highest BCUT2D eigenvalue weighted by Gasteiger charge is 2.56. The number of imide groups is 1. The third-order valence-electron chi connectivity index (χ3n) is 6.72. The van der Waals surface area contributed by atoms with Crippen LogP contribution < -0.4 is 19.8 Å². The Kier molecular flexibility index (Phi) is 7.60. The minimum atomic E-state index is -0.808. The van der Waals surface area contributed by atoms with E-state index in [1.807, 2.05) is 0 Å². The molecular formula is C28H18Cl3N3O5S2. The lowest BCUT2D eigenvalue weighted by atomic mass is 9.82. The Balaban J connectivity index is 1.32. The van der Waals surface area contributed by atoms with Crippen LogP contribution >= 0.6 is 57.9 Å². The van der Waals surface area contributed by atoms with Gasteiger partial charge in [0.15, 0.2) is 6.61 Å². The Morgan fingerprint density at radius 1 is 0.951 bits per heavy atom. The topological polar surface area (TPSA) is 109 Å². The molecule has 0 saturated carbocycles. The predicted octanol–water partition coefficient (Wildman–Crippen LogP) is 6.21. The number of halogens is 3. The third kappa shape index (κ3) is 5.26. The number of fused-ring (bicyclic) bond motifs is 2. The lowest BCUT2D eigenvalue weighted by Crippen LogP contribution is -2.32. The summed E-state index contributed by atoms with van der Waals surface area (Å²) in [6.45, 7) is -0.340. The first kappa shape index (κ1) is 27.9. The third-order valence-corrected chi connectivity index (χ3v) is 10.1. The van der Waals surface area contributed by atoms with Crippen molar-refractivity contribution in [3.63, 3.8) is 0 Å². The predicted molar refractivity (Wildman–Crippen MR) is 161 cm³/mol. The van der Waals surface area contributed by atoms with E-state index in [-0.39, 0.29) is 17.4 Å². The molecule has 0 spiro atoms. The number of carbonyl (C=O) groups excluding carboxylic acids is 3. The molecule has 3 heterocycles. The fourth-order valence-electron chi connectivity index (χ4n) is 4.98. The molecule has 41 heavy (non-hydrogen) atoms. The van der Waals surface area contributed by atoms with Gasteiger partial charge in [-0.25, -0.2) is 4.90 Å². The molecule has 1 aromatic heterocycles. The van der Waals surface area contributed by atoms with Crippen LogP contribution in [0.5, 0.6) is 5.75 Å². The monoisotopic (exact) mass is 645 g/mol. The first-order valence-corrected chi connectivity index (χ1v) is 15.0. The van der Waals surface area contributed by atoms with Gasteiger partial charge in [0.1, 0.15) is 11.0 Å². The van der Waals surface area contributed by atoms with Crippen LogP contribution in [0.4, 0.5) is 11.4 Å². The molecule has 2 unspecified atom stereocenters. The van der Waals surface area contributed by atoms with Gasteiger partial charge in [0.25, 0.3) is 5.91 Å². The van der Waals surface area contributed by atoms with Crippen molar-refractivity contribution in [1.29, 1.82) is 0 Å². The Hall–Kier alpha value is -3.28. The van der Waals surface area contributed by atoms with Gasteiger partial charge in [-0.15, -0.1) is 0 Å². The van der Waals surface area contributed by atoms with Crippen molar-refractivity contribution < 1.29 is 19.1 Å². The molecular weight excluding hydrogens is 629 g/mol. The molecule has 0 bridgehead atoms. The van der Waals surface area contributed by atoms with E-state index in [0.29, 0.717) is 47.7 Å². The average Bonchev–Trinajstić information content (AvgIpc) is 3.44. The molecule has 2 aliphatic rings. The normalized spacial score (nSPS) is 19.6. The molecule has 8 nitrogen and oxygen atoms in total. The summed E-state index contributed by atoms with van der Waals surface area (Å²) in [6, 6.07) is 18.2. The standard InChI is InChI=1S/C28H18Cl3N3O5S2/c29-13-5-8-15(9-6-13)34-26(36)22-21(23-25(33-28(38)41-23)40-24(22)27(34)37)16-3-1-2-4-19(16)39-12-20(35)32-14-7-10-17(30)18(31)11-14/h1-11,21-22,24H,12H2,(H,32,35)(H,33,38)/t21-,22?,24?/m1/s1. The number of aromatic amines is 1. The Bertz CT molecular complexity index is 1760. The van der Waals surface area contributed by atoms with E-state index < -0.39 is 28.9 Å². The van der Waals surface area contributed by atoms with Crippen LogP contribution in [-0.2, 0) is 14.4 Å². The van der Waals surface area contributed by atoms with Crippen molar-refractivity contribution in [1.82, 2.24) is 4.98 Å². The van der Waals surface area contributed by atoms with Gasteiger partial charge < -0.3 is 15.0 Å². The summed E-state index contributed by atoms with van der Waals surface area (Å²) >= 11 is 20.2. The number of anilines is 2. The molecule has 6 rings (SSSR count). The molecule has 2 aliphatic heterocycles. The number of hydrogen-bond acceptors (Lipinski definition) is 7. The number of rotatable bonds is 6. The number of ether oxygens (including phenoxy) is 1. The van der Waals surface area contributed by atoms with Gasteiger partial charge in [-0.2, -0.15) is 0 Å². The maximum Gasteiger partial charge on any atom is 0.305 e. The molecule has 4 aromatic rings. The van der Waals surface area contributed by atoms with Gasteiger partial charge in [-0.05, 0) is 48.5 Å². The molecule has 1 fully saturated rings. The number of nitrogens with zero attached hydrogens (tertiary/aromatic N) is 1. The summed E-state index contributed by atoms with van der Waals surface area (Å²) in [6.07, 6.45) is 0. The second-order valence-corrected chi connectivity index (χ2v) is 12.7. The van der Waals surface area contributed by atoms with Crippen molar-refractivity contribution in [2.75, 3.05) is 16.8 Å². The Morgan fingerprint density at radius 3 is 2.46 bits per heavy atom. The molecule has 0 radical (unpaired) electrons. The second-order valence-electron chi connectivity index (χ2n) is 9.24. The minimum Gasteiger partial charge on any atom is -0.483 e. The minimum absolute atomic E-state index is 0.290. The van der Waals surface area contributed by atoms with Crippen LogP contribution in [0.3, 0.4) is 0 Å².